The first-order valence-electron chi connectivity index (χ1n) is 12.4. The number of hydrogen-bond acceptors (Lipinski definition) is 12. The quantitative estimate of drug-likeness (QED) is 0.0997. The summed E-state index contributed by atoms with van der Waals surface area (Å²) in [5, 5.41) is 37.8. The van der Waals surface area contributed by atoms with Gasteiger partial charge in [0.25, 0.3) is 11.8 Å². The standard InChI is InChI=1S/C25H24N8O7S2.Na/c1-11-7-16(35)15(8-26-11)20(36)27-17(12-3-5-14(34)6-4-12)21(37)28-18-22(38)33-19(24(39)40)13(9-41-23(18)33)10-42-25-29-30-31-32(25)2;/h3-8,17-18,23,34H,9-10H2,1-2H3,(H,26,35)(H,27,36)(H,28,37)(H,39,40);/q;+1/p-1. The second kappa shape index (κ2) is 13.3. The molecule has 0 aliphatic carbocycles. The van der Waals surface area contributed by atoms with Crippen LogP contribution >= 0.6 is 23.5 Å². The number of aryl methyl sites for hydroxylation is 2. The van der Waals surface area contributed by atoms with Gasteiger partial charge in [-0.15, -0.1) is 16.9 Å². The first kappa shape index (κ1) is 32.3. The van der Waals surface area contributed by atoms with Gasteiger partial charge in [0.15, 0.2) is 5.43 Å². The summed E-state index contributed by atoms with van der Waals surface area (Å²) in [4.78, 5) is 67.9. The number of rotatable bonds is 9. The van der Waals surface area contributed by atoms with E-state index in [1.165, 1.54) is 64.7 Å². The van der Waals surface area contributed by atoms with Gasteiger partial charge in [0.05, 0.1) is 11.7 Å². The number of carbonyl (C=O) groups is 4. The Hall–Kier alpha value is -3.64. The molecule has 2 aliphatic heterocycles. The van der Waals surface area contributed by atoms with Crippen LogP contribution in [0.1, 0.15) is 27.7 Å². The van der Waals surface area contributed by atoms with Crippen molar-refractivity contribution in [3.05, 3.63) is 74.8 Å². The van der Waals surface area contributed by atoms with E-state index in [0.29, 0.717) is 16.4 Å². The van der Waals surface area contributed by atoms with E-state index in [2.05, 4.69) is 31.1 Å². The number of aromatic amines is 1. The van der Waals surface area contributed by atoms with Crippen molar-refractivity contribution in [3.8, 4) is 5.75 Å². The number of β-lactam (4-membered cyclic amide) rings is 1. The molecule has 0 bridgehead atoms. The average molecular weight is 635 g/mol. The topological polar surface area (TPSA) is 215 Å². The Morgan fingerprint density at radius 2 is 1.98 bits per heavy atom. The Balaban J connectivity index is 0.00000423. The van der Waals surface area contributed by atoms with E-state index in [1.807, 2.05) is 0 Å². The first-order chi connectivity index (χ1) is 20.0. The molecule has 0 radical (unpaired) electrons. The molecule has 43 heavy (non-hydrogen) atoms. The van der Waals surface area contributed by atoms with Crippen molar-refractivity contribution in [2.45, 2.75) is 29.5 Å². The van der Waals surface area contributed by atoms with Crippen LogP contribution in [0, 0.1) is 6.92 Å². The molecule has 3 unspecified atom stereocenters. The van der Waals surface area contributed by atoms with Gasteiger partial charge in [-0.1, -0.05) is 23.9 Å². The molecule has 0 spiro atoms. The molecule has 3 amide bonds. The summed E-state index contributed by atoms with van der Waals surface area (Å²) in [7, 11) is 1.64. The molecule has 2 aliphatic rings. The summed E-state index contributed by atoms with van der Waals surface area (Å²) in [6, 6.07) is 4.27. The Morgan fingerprint density at radius 1 is 1.26 bits per heavy atom. The number of fused-ring (bicyclic) bond motifs is 1. The van der Waals surface area contributed by atoms with Crippen molar-refractivity contribution < 1.29 is 58.9 Å². The molecule has 3 atom stereocenters. The fraction of sp³-hybridized carbons (Fsp3) is 0.280. The maximum absolute atomic E-state index is 13.5. The third-order valence-corrected chi connectivity index (χ3v) is 9.00. The number of aliphatic carboxylic acids is 1. The van der Waals surface area contributed by atoms with Gasteiger partial charge in [-0.2, -0.15) is 0 Å². The van der Waals surface area contributed by atoms with Crippen LogP contribution in [0.25, 0.3) is 0 Å². The monoisotopic (exact) mass is 634 g/mol. The molecule has 5 rings (SSSR count). The number of carboxylic acid groups (broad SMARTS) is 1. The zero-order valence-corrected chi connectivity index (χ0v) is 26.7. The molecule has 1 fully saturated rings. The molecule has 2 aromatic heterocycles. The number of nitrogens with one attached hydrogen (secondary N) is 3. The molecular formula is C25H23N8NaO7S2. The van der Waals surface area contributed by atoms with Crippen molar-refractivity contribution in [3.63, 3.8) is 0 Å². The van der Waals surface area contributed by atoms with Crippen LogP contribution in [0.3, 0.4) is 0 Å². The van der Waals surface area contributed by atoms with Gasteiger partial charge < -0.3 is 30.6 Å². The average Bonchev–Trinajstić information content (AvgIpc) is 3.37. The fourth-order valence-electron chi connectivity index (χ4n) is 4.44. The number of thioether (sulfide) groups is 2. The summed E-state index contributed by atoms with van der Waals surface area (Å²) in [6.45, 7) is 1.65. The summed E-state index contributed by atoms with van der Waals surface area (Å²) >= 11 is 2.47. The molecule has 18 heteroatoms. The minimum Gasteiger partial charge on any atom is -0.543 e. The maximum atomic E-state index is 13.5. The van der Waals surface area contributed by atoms with Crippen molar-refractivity contribution in [2.24, 2.45) is 7.05 Å². The Bertz CT molecular complexity index is 1680. The maximum Gasteiger partial charge on any atom is 1.00 e. The minimum atomic E-state index is -1.53. The van der Waals surface area contributed by atoms with E-state index < -0.39 is 46.6 Å². The number of H-pyrrole nitrogens is 1. The Morgan fingerprint density at radius 3 is 2.60 bits per heavy atom. The zero-order chi connectivity index (χ0) is 30.1. The molecule has 4 N–H and O–H groups in total. The predicted octanol–water partition coefficient (Wildman–Crippen LogP) is -4.42. The molecule has 1 saturated heterocycles. The third kappa shape index (κ3) is 6.65. The van der Waals surface area contributed by atoms with Crippen molar-refractivity contribution in [1.29, 1.82) is 0 Å². The van der Waals surface area contributed by atoms with Gasteiger partial charge >= 0.3 is 29.6 Å². The number of benzene rings is 1. The van der Waals surface area contributed by atoms with Crippen molar-refractivity contribution in [2.75, 3.05) is 11.5 Å². The first-order valence-corrected chi connectivity index (χ1v) is 14.4. The predicted molar refractivity (Wildman–Crippen MR) is 147 cm³/mol. The molecule has 4 heterocycles. The molecule has 15 nitrogen and oxygen atoms in total. The van der Waals surface area contributed by atoms with Crippen LogP contribution in [-0.2, 0) is 21.4 Å². The Kier molecular flexibility index (Phi) is 10.0. The van der Waals surface area contributed by atoms with E-state index >= 15 is 0 Å². The molecule has 3 aromatic rings. The summed E-state index contributed by atoms with van der Waals surface area (Å²) in [5.74, 6) is -3.42. The van der Waals surface area contributed by atoms with Crippen molar-refractivity contribution >= 4 is 47.2 Å². The van der Waals surface area contributed by atoms with Crippen LogP contribution in [0.2, 0.25) is 0 Å². The van der Waals surface area contributed by atoms with Crippen LogP contribution in [0.5, 0.6) is 5.75 Å². The number of amides is 3. The second-order valence-electron chi connectivity index (χ2n) is 9.40. The number of carbonyl (C=O) groups excluding carboxylic acids is 4. The van der Waals surface area contributed by atoms with Crippen LogP contribution in [-0.4, -0.2) is 81.8 Å². The van der Waals surface area contributed by atoms with Gasteiger partial charge in [0.1, 0.15) is 28.8 Å². The SMILES string of the molecule is Cc1cc(=O)c(C(=O)NC(C(=O)NC2C(=O)N3C(C(=O)[O-])=C(CSc4nnnn4C)CSC23)c2ccc(O)cc2)c[nH]1.[Na+]. The number of pyridine rings is 1. The number of aromatic nitrogens is 5. The van der Waals surface area contributed by atoms with Gasteiger partial charge in [0.2, 0.25) is 11.1 Å². The number of hydrogen-bond donors (Lipinski definition) is 4. The minimum absolute atomic E-state index is 0. The van der Waals surface area contributed by atoms with Gasteiger partial charge in [-0.3, -0.25) is 24.1 Å². The van der Waals surface area contributed by atoms with Crippen LogP contribution in [0.15, 0.2) is 57.7 Å². The van der Waals surface area contributed by atoms with Gasteiger partial charge in [-0.25, -0.2) is 4.68 Å². The van der Waals surface area contributed by atoms with E-state index in [1.54, 1.807) is 14.0 Å². The van der Waals surface area contributed by atoms with Crippen LogP contribution < -0.4 is 50.7 Å². The zero-order valence-electron chi connectivity index (χ0n) is 23.1. The number of tetrazole rings is 1. The molecular weight excluding hydrogens is 611 g/mol. The smallest absolute Gasteiger partial charge is 0.543 e. The number of phenols is 1. The van der Waals surface area contributed by atoms with E-state index in [4.69, 9.17) is 0 Å². The van der Waals surface area contributed by atoms with Gasteiger partial charge in [0, 0.05) is 36.5 Å². The van der Waals surface area contributed by atoms with Crippen LogP contribution in [0.4, 0.5) is 0 Å². The van der Waals surface area contributed by atoms with Gasteiger partial charge in [-0.05, 0) is 40.6 Å². The number of carboxylic acids is 1. The summed E-state index contributed by atoms with van der Waals surface area (Å²) in [5.41, 5.74) is 0.216. The Labute approximate surface area is 274 Å². The van der Waals surface area contributed by atoms with E-state index in [-0.39, 0.29) is 63.6 Å². The summed E-state index contributed by atoms with van der Waals surface area (Å²) in [6.07, 6.45) is 1.23. The molecule has 218 valence electrons. The molecule has 1 aromatic carbocycles. The largest absolute Gasteiger partial charge is 1.00 e. The second-order valence-corrected chi connectivity index (χ2v) is 11.4. The number of nitrogens with zero attached hydrogens (tertiary/aromatic N) is 5. The van der Waals surface area contributed by atoms with Crippen molar-refractivity contribution in [1.82, 2.24) is 40.7 Å². The number of aromatic hydroxyl groups is 1. The normalized spacial score (nSPS) is 18.2. The molecule has 0 saturated carbocycles. The fourth-order valence-corrected chi connectivity index (χ4v) is 6.78. The third-order valence-electron chi connectivity index (χ3n) is 6.56. The van der Waals surface area contributed by atoms with E-state index in [0.717, 1.165) is 4.90 Å². The van der Waals surface area contributed by atoms with E-state index in [9.17, 15) is 34.2 Å². The number of phenolic OH excluding ortho intramolecular Hbond substituents is 1. The summed E-state index contributed by atoms with van der Waals surface area (Å²) < 4.78 is 1.43.